The summed E-state index contributed by atoms with van der Waals surface area (Å²) in [6, 6.07) is -0.0784. The number of oxazole rings is 1. The van der Waals surface area contributed by atoms with Crippen LogP contribution in [-0.4, -0.2) is 41.2 Å². The predicted molar refractivity (Wildman–Crippen MR) is 69.7 cm³/mol. The molecule has 1 aromatic heterocycles. The van der Waals surface area contributed by atoms with Crippen molar-refractivity contribution in [2.75, 3.05) is 19.7 Å². The van der Waals surface area contributed by atoms with Crippen molar-refractivity contribution in [1.82, 2.24) is 15.2 Å². The fraction of sp³-hybridized carbons (Fsp3) is 0.692. The molecule has 2 amide bonds. The number of morpholine rings is 1. The highest BCUT2D eigenvalue weighted by Crippen LogP contribution is 2.20. The van der Waals surface area contributed by atoms with E-state index in [1.807, 2.05) is 13.8 Å². The lowest BCUT2D eigenvalue weighted by Crippen LogP contribution is -2.54. The Balaban J connectivity index is 1.88. The van der Waals surface area contributed by atoms with E-state index in [0.717, 1.165) is 17.9 Å². The second-order valence-corrected chi connectivity index (χ2v) is 5.09. The van der Waals surface area contributed by atoms with Gasteiger partial charge in [0.15, 0.2) is 6.39 Å². The molecule has 6 nitrogen and oxygen atoms in total. The Morgan fingerprint density at radius 1 is 1.63 bits per heavy atom. The molecule has 0 spiro atoms. The molecular formula is C13H21N3O3. The van der Waals surface area contributed by atoms with Crippen molar-refractivity contribution in [1.29, 1.82) is 0 Å². The lowest BCUT2D eigenvalue weighted by atomic mass is 10.0. The molecule has 0 unspecified atom stereocenters. The predicted octanol–water partition coefficient (Wildman–Crippen LogP) is 1.69. The second-order valence-electron chi connectivity index (χ2n) is 5.09. The Hall–Kier alpha value is -1.56. The lowest BCUT2D eigenvalue weighted by Gasteiger charge is -2.39. The van der Waals surface area contributed by atoms with E-state index in [1.165, 1.54) is 6.39 Å². The lowest BCUT2D eigenvalue weighted by molar-refractivity contribution is -0.0872. The average Bonchev–Trinajstić information content (AvgIpc) is 2.81. The summed E-state index contributed by atoms with van der Waals surface area (Å²) >= 11 is 0. The third-order valence-electron chi connectivity index (χ3n) is 3.62. The molecule has 1 N–H and O–H groups in total. The normalized spacial score (nSPS) is 23.4. The van der Waals surface area contributed by atoms with Crippen molar-refractivity contribution in [2.24, 2.45) is 0 Å². The number of urea groups is 1. The molecule has 1 saturated heterocycles. The highest BCUT2D eigenvalue weighted by Gasteiger charge is 2.32. The first-order valence-electron chi connectivity index (χ1n) is 6.60. The van der Waals surface area contributed by atoms with Crippen LogP contribution in [0.25, 0.3) is 0 Å². The van der Waals surface area contributed by atoms with Crippen molar-refractivity contribution < 1.29 is 13.9 Å². The third kappa shape index (κ3) is 3.26. The molecule has 0 bridgehead atoms. The number of aryl methyl sites for hydroxylation is 1. The first-order valence-corrected chi connectivity index (χ1v) is 6.60. The number of ether oxygens (including phenoxy) is 1. The van der Waals surface area contributed by atoms with Gasteiger partial charge in [-0.3, -0.25) is 0 Å². The number of carbonyl (C=O) groups is 1. The molecule has 1 aromatic rings. The molecule has 1 aliphatic heterocycles. The van der Waals surface area contributed by atoms with Gasteiger partial charge in [0.25, 0.3) is 0 Å². The molecule has 0 aromatic carbocycles. The summed E-state index contributed by atoms with van der Waals surface area (Å²) in [5.74, 6) is 0.737. The minimum Gasteiger partial charge on any atom is -0.448 e. The first-order chi connectivity index (χ1) is 9.04. The summed E-state index contributed by atoms with van der Waals surface area (Å²) in [6.07, 6.45) is 2.28. The second kappa shape index (κ2) is 5.61. The zero-order chi connectivity index (χ0) is 13.9. The van der Waals surface area contributed by atoms with Crippen molar-refractivity contribution in [3.8, 4) is 0 Å². The number of aromatic nitrogens is 1. The van der Waals surface area contributed by atoms with E-state index >= 15 is 0 Å². The van der Waals surface area contributed by atoms with E-state index in [2.05, 4.69) is 17.2 Å². The summed E-state index contributed by atoms with van der Waals surface area (Å²) in [5.41, 5.74) is 0.527. The van der Waals surface area contributed by atoms with Gasteiger partial charge >= 0.3 is 6.03 Å². The van der Waals surface area contributed by atoms with Crippen LogP contribution >= 0.6 is 0 Å². The highest BCUT2D eigenvalue weighted by atomic mass is 16.5. The van der Waals surface area contributed by atoms with Crippen molar-refractivity contribution in [3.63, 3.8) is 0 Å². The number of hydrogen-bond acceptors (Lipinski definition) is 4. The Bertz CT molecular complexity index is 446. The standard InChI is InChI=1S/C13H21N3O3/c1-4-13(3)8-16(5-6-19-13)12(17)14-7-11-10(2)18-9-15-11/h9H,4-8H2,1-3H3,(H,14,17)/t13-/m0/s1. The van der Waals surface area contributed by atoms with Crippen LogP contribution in [0.3, 0.4) is 0 Å². The van der Waals surface area contributed by atoms with Gasteiger partial charge in [0.1, 0.15) is 11.5 Å². The van der Waals surface area contributed by atoms with Crippen LogP contribution in [0, 0.1) is 6.92 Å². The largest absolute Gasteiger partial charge is 0.448 e. The minimum absolute atomic E-state index is 0.0784. The van der Waals surface area contributed by atoms with Gasteiger partial charge in [-0.05, 0) is 20.3 Å². The van der Waals surface area contributed by atoms with Crippen LogP contribution in [0.1, 0.15) is 31.7 Å². The van der Waals surface area contributed by atoms with Crippen LogP contribution in [0.15, 0.2) is 10.8 Å². The van der Waals surface area contributed by atoms with Crippen molar-refractivity contribution in [3.05, 3.63) is 17.8 Å². The fourth-order valence-corrected chi connectivity index (χ4v) is 2.09. The smallest absolute Gasteiger partial charge is 0.317 e. The van der Waals surface area contributed by atoms with Crippen LogP contribution in [0.4, 0.5) is 4.79 Å². The van der Waals surface area contributed by atoms with Crippen LogP contribution in [0.5, 0.6) is 0 Å². The van der Waals surface area contributed by atoms with E-state index in [9.17, 15) is 4.79 Å². The van der Waals surface area contributed by atoms with Gasteiger partial charge in [-0.1, -0.05) is 6.92 Å². The third-order valence-corrected chi connectivity index (χ3v) is 3.62. The fourth-order valence-electron chi connectivity index (χ4n) is 2.09. The van der Waals surface area contributed by atoms with Gasteiger partial charge < -0.3 is 19.4 Å². The molecule has 1 aliphatic rings. The minimum atomic E-state index is -0.237. The van der Waals surface area contributed by atoms with Gasteiger partial charge in [0.2, 0.25) is 0 Å². The maximum absolute atomic E-state index is 12.1. The summed E-state index contributed by atoms with van der Waals surface area (Å²) in [4.78, 5) is 18.0. The quantitative estimate of drug-likeness (QED) is 0.905. The topological polar surface area (TPSA) is 67.6 Å². The van der Waals surface area contributed by atoms with Gasteiger partial charge in [-0.2, -0.15) is 0 Å². The number of nitrogens with zero attached hydrogens (tertiary/aromatic N) is 2. The monoisotopic (exact) mass is 267 g/mol. The van der Waals surface area contributed by atoms with Crippen molar-refractivity contribution in [2.45, 2.75) is 39.3 Å². The zero-order valence-electron chi connectivity index (χ0n) is 11.7. The molecule has 0 saturated carbocycles. The summed E-state index contributed by atoms with van der Waals surface area (Å²) < 4.78 is 10.8. The van der Waals surface area contributed by atoms with E-state index in [4.69, 9.17) is 9.15 Å². The summed E-state index contributed by atoms with van der Waals surface area (Å²) in [7, 11) is 0. The number of nitrogens with one attached hydrogen (secondary N) is 1. The maximum Gasteiger partial charge on any atom is 0.317 e. The molecule has 1 atom stereocenters. The number of amides is 2. The Labute approximate surface area is 113 Å². The van der Waals surface area contributed by atoms with Gasteiger partial charge in [-0.15, -0.1) is 0 Å². The SMILES string of the molecule is CC[C@@]1(C)CN(C(=O)NCc2ncoc2C)CCO1. The van der Waals surface area contributed by atoms with E-state index in [1.54, 1.807) is 4.90 Å². The van der Waals surface area contributed by atoms with Crippen LogP contribution < -0.4 is 5.32 Å². The van der Waals surface area contributed by atoms with Crippen LogP contribution in [-0.2, 0) is 11.3 Å². The Morgan fingerprint density at radius 2 is 2.42 bits per heavy atom. The number of hydrogen-bond donors (Lipinski definition) is 1. The molecule has 19 heavy (non-hydrogen) atoms. The number of carbonyl (C=O) groups excluding carboxylic acids is 1. The van der Waals surface area contributed by atoms with Crippen LogP contribution in [0.2, 0.25) is 0 Å². The summed E-state index contributed by atoms with van der Waals surface area (Å²) in [5, 5.41) is 2.87. The Kier molecular flexibility index (Phi) is 4.09. The van der Waals surface area contributed by atoms with E-state index < -0.39 is 0 Å². The molecule has 2 heterocycles. The highest BCUT2D eigenvalue weighted by molar-refractivity contribution is 5.74. The Morgan fingerprint density at radius 3 is 3.05 bits per heavy atom. The van der Waals surface area contributed by atoms with Crippen molar-refractivity contribution >= 4 is 6.03 Å². The molecule has 2 rings (SSSR count). The maximum atomic E-state index is 12.1. The van der Waals surface area contributed by atoms with E-state index in [0.29, 0.717) is 26.2 Å². The van der Waals surface area contributed by atoms with Gasteiger partial charge in [-0.25, -0.2) is 9.78 Å². The zero-order valence-corrected chi connectivity index (χ0v) is 11.7. The number of rotatable bonds is 3. The van der Waals surface area contributed by atoms with Gasteiger partial charge in [0, 0.05) is 6.54 Å². The average molecular weight is 267 g/mol. The van der Waals surface area contributed by atoms with Gasteiger partial charge in [0.05, 0.1) is 25.3 Å². The van der Waals surface area contributed by atoms with E-state index in [-0.39, 0.29) is 11.6 Å². The molecule has 0 aliphatic carbocycles. The summed E-state index contributed by atoms with van der Waals surface area (Å²) in [6.45, 7) is 8.15. The molecule has 0 radical (unpaired) electrons. The molecular weight excluding hydrogens is 246 g/mol. The molecule has 1 fully saturated rings. The first kappa shape index (κ1) is 13.9. The molecule has 106 valence electrons. The molecule has 6 heteroatoms.